The van der Waals surface area contributed by atoms with Gasteiger partial charge in [-0.1, -0.05) is 65.8 Å². The molecule has 1 aliphatic carbocycles. The minimum Gasteiger partial charge on any atom is -0.287 e. The van der Waals surface area contributed by atoms with Crippen LogP contribution in [-0.4, -0.2) is 24.5 Å². The molecule has 0 unspecified atom stereocenters. The van der Waals surface area contributed by atoms with E-state index in [1.807, 2.05) is 35.6 Å². The highest BCUT2D eigenvalue weighted by Crippen LogP contribution is 2.49. The summed E-state index contributed by atoms with van der Waals surface area (Å²) in [5, 5.41) is 0. The smallest absolute Gasteiger partial charge is 0.214 e. The lowest BCUT2D eigenvalue weighted by Crippen LogP contribution is -2.02. The van der Waals surface area contributed by atoms with Crippen molar-refractivity contribution in [1.29, 1.82) is 0 Å². The van der Waals surface area contributed by atoms with Crippen molar-refractivity contribution in [3.05, 3.63) is 68.5 Å². The Morgan fingerprint density at radius 2 is 1.17 bits per heavy atom. The maximum Gasteiger partial charge on any atom is 0.214 e. The van der Waals surface area contributed by atoms with Gasteiger partial charge in [0.05, 0.1) is 11.7 Å². The van der Waals surface area contributed by atoms with Gasteiger partial charge in [-0.2, -0.15) is 8.75 Å². The fourth-order valence-corrected chi connectivity index (χ4v) is 9.18. The van der Waals surface area contributed by atoms with Gasteiger partial charge in [0.2, 0.25) is 5.78 Å². The molecular formula is C33H30N4OS3. The lowest BCUT2D eigenvalue weighted by Gasteiger charge is -2.12. The number of nitrogens with zero attached hydrogens (tertiary/aromatic N) is 4. The standard InChI is InChI=1S/C33H30N4OS3/c1-7-17-13-21(39-32(17)15(3)4)23-26-27(35-30-25(34-26)19-11-9-10-12-20(19)31(30)38)24(29-28(23)36-41-37-29)22-14-18(8-2)33(40-22)16(5)6/h9-16H,7-8H2,1-6H3. The van der Waals surface area contributed by atoms with E-state index in [0.29, 0.717) is 28.8 Å². The molecule has 4 heterocycles. The van der Waals surface area contributed by atoms with Gasteiger partial charge in [0, 0.05) is 41.8 Å². The summed E-state index contributed by atoms with van der Waals surface area (Å²) in [6.45, 7) is 13.4. The first kappa shape index (κ1) is 26.6. The number of carbonyl (C=O) groups is 1. The van der Waals surface area contributed by atoms with E-state index in [1.54, 1.807) is 11.3 Å². The number of benzene rings is 2. The summed E-state index contributed by atoms with van der Waals surface area (Å²) in [5.74, 6) is 0.771. The molecule has 0 aliphatic heterocycles. The van der Waals surface area contributed by atoms with Crippen LogP contribution in [0, 0.1) is 0 Å². The fourth-order valence-electron chi connectivity index (χ4n) is 6.01. The second-order valence-corrected chi connectivity index (χ2v) is 13.9. The molecule has 0 atom stereocenters. The zero-order valence-electron chi connectivity index (χ0n) is 24.0. The average Bonchev–Trinajstić information content (AvgIpc) is 3.76. The summed E-state index contributed by atoms with van der Waals surface area (Å²) >= 11 is 4.85. The first-order valence-corrected chi connectivity index (χ1v) is 16.6. The van der Waals surface area contributed by atoms with Crippen LogP contribution in [-0.2, 0) is 12.8 Å². The van der Waals surface area contributed by atoms with Crippen molar-refractivity contribution >= 4 is 62.3 Å². The largest absolute Gasteiger partial charge is 0.287 e. The Kier molecular flexibility index (Phi) is 6.41. The second-order valence-electron chi connectivity index (χ2n) is 11.2. The van der Waals surface area contributed by atoms with E-state index >= 15 is 0 Å². The Bertz CT molecular complexity index is 2010. The number of rotatable bonds is 6. The molecule has 0 radical (unpaired) electrons. The van der Waals surface area contributed by atoms with Gasteiger partial charge in [0.1, 0.15) is 33.5 Å². The molecule has 0 bridgehead atoms. The van der Waals surface area contributed by atoms with Gasteiger partial charge < -0.3 is 0 Å². The topological polar surface area (TPSA) is 68.6 Å². The Hall–Kier alpha value is -3.33. The van der Waals surface area contributed by atoms with E-state index < -0.39 is 0 Å². The van der Waals surface area contributed by atoms with E-state index in [0.717, 1.165) is 61.4 Å². The van der Waals surface area contributed by atoms with Crippen LogP contribution in [0.4, 0.5) is 0 Å². The third-order valence-corrected chi connectivity index (χ3v) is 11.5. The van der Waals surface area contributed by atoms with Crippen molar-refractivity contribution in [3.63, 3.8) is 0 Å². The molecule has 206 valence electrons. The highest BCUT2D eigenvalue weighted by Gasteiger charge is 2.33. The summed E-state index contributed by atoms with van der Waals surface area (Å²) < 4.78 is 9.75. The lowest BCUT2D eigenvalue weighted by molar-refractivity contribution is 0.103. The van der Waals surface area contributed by atoms with E-state index in [9.17, 15) is 4.79 Å². The van der Waals surface area contributed by atoms with Gasteiger partial charge in [-0.15, -0.1) is 22.7 Å². The van der Waals surface area contributed by atoms with Crippen LogP contribution in [0.3, 0.4) is 0 Å². The molecule has 41 heavy (non-hydrogen) atoms. The Balaban J connectivity index is 1.63. The Morgan fingerprint density at radius 3 is 1.63 bits per heavy atom. The molecule has 0 spiro atoms. The summed E-state index contributed by atoms with van der Waals surface area (Å²) in [6, 6.07) is 12.3. The first-order chi connectivity index (χ1) is 19.8. The number of fused-ring (bicyclic) bond motifs is 5. The van der Waals surface area contributed by atoms with Crippen LogP contribution in [0.1, 0.15) is 90.3 Å². The molecule has 7 rings (SSSR count). The van der Waals surface area contributed by atoms with Crippen molar-refractivity contribution in [1.82, 2.24) is 18.7 Å². The Labute approximate surface area is 251 Å². The quantitative estimate of drug-likeness (QED) is 0.192. The minimum atomic E-state index is -0.0659. The second kappa shape index (κ2) is 9.89. The van der Waals surface area contributed by atoms with Gasteiger partial charge in [-0.05, 0) is 47.9 Å². The van der Waals surface area contributed by atoms with Crippen LogP contribution < -0.4 is 0 Å². The number of hydrogen-bond donors (Lipinski definition) is 0. The highest BCUT2D eigenvalue weighted by molar-refractivity contribution is 7.16. The van der Waals surface area contributed by atoms with Crippen molar-refractivity contribution in [2.24, 2.45) is 0 Å². The third-order valence-electron chi connectivity index (χ3n) is 7.96. The van der Waals surface area contributed by atoms with Gasteiger partial charge >= 0.3 is 0 Å². The number of hydrogen-bond acceptors (Lipinski definition) is 8. The molecule has 0 saturated carbocycles. The van der Waals surface area contributed by atoms with Gasteiger partial charge in [0.15, 0.2) is 0 Å². The number of carbonyl (C=O) groups excluding carboxylic acids is 1. The molecule has 0 fully saturated rings. The SMILES string of the molecule is CCc1cc(-c2c3nsnc3c(-c3cc(CC)c(C(C)C)s3)c3nc4c(nc23)C(=O)c2ccccc2-4)sc1C(C)C. The molecule has 8 heteroatoms. The highest BCUT2D eigenvalue weighted by atomic mass is 32.1. The molecule has 0 saturated heterocycles. The molecule has 1 aliphatic rings. The average molecular weight is 595 g/mol. The monoisotopic (exact) mass is 594 g/mol. The molecule has 6 aromatic rings. The molecule has 5 nitrogen and oxygen atoms in total. The number of aromatic nitrogens is 4. The van der Waals surface area contributed by atoms with Crippen LogP contribution in [0.5, 0.6) is 0 Å². The summed E-state index contributed by atoms with van der Waals surface area (Å²) in [4.78, 5) is 29.1. The molecule has 0 amide bonds. The van der Waals surface area contributed by atoms with E-state index in [2.05, 4.69) is 53.7 Å². The molecular weight excluding hydrogens is 565 g/mol. The number of ketones is 1. The van der Waals surface area contributed by atoms with E-state index in [1.165, 1.54) is 32.6 Å². The normalized spacial score (nSPS) is 12.8. The number of thiophene rings is 2. The molecule has 4 aromatic heterocycles. The van der Waals surface area contributed by atoms with Gasteiger partial charge in [0.25, 0.3) is 0 Å². The van der Waals surface area contributed by atoms with Gasteiger partial charge in [-0.3, -0.25) is 4.79 Å². The Morgan fingerprint density at radius 1 is 0.683 bits per heavy atom. The lowest BCUT2D eigenvalue weighted by atomic mass is 9.99. The van der Waals surface area contributed by atoms with Crippen molar-refractivity contribution < 1.29 is 4.79 Å². The maximum atomic E-state index is 13.6. The predicted octanol–water partition coefficient (Wildman–Crippen LogP) is 9.67. The zero-order chi connectivity index (χ0) is 28.6. The van der Waals surface area contributed by atoms with Crippen LogP contribution >= 0.6 is 34.4 Å². The summed E-state index contributed by atoms with van der Waals surface area (Å²) in [7, 11) is 0. The number of aryl methyl sites for hydroxylation is 2. The van der Waals surface area contributed by atoms with Crippen molar-refractivity contribution in [3.8, 4) is 32.1 Å². The van der Waals surface area contributed by atoms with Crippen LogP contribution in [0.2, 0.25) is 0 Å². The predicted molar refractivity (Wildman–Crippen MR) is 173 cm³/mol. The summed E-state index contributed by atoms with van der Waals surface area (Å²) in [5.41, 5.74) is 10.4. The van der Waals surface area contributed by atoms with Crippen LogP contribution in [0.15, 0.2) is 36.4 Å². The fraction of sp³-hybridized carbons (Fsp3) is 0.303. The molecule has 2 aromatic carbocycles. The van der Waals surface area contributed by atoms with Crippen molar-refractivity contribution in [2.75, 3.05) is 0 Å². The minimum absolute atomic E-state index is 0.0659. The maximum absolute atomic E-state index is 13.6. The van der Waals surface area contributed by atoms with Crippen molar-refractivity contribution in [2.45, 2.75) is 66.2 Å². The third kappa shape index (κ3) is 3.95. The van der Waals surface area contributed by atoms with Crippen LogP contribution in [0.25, 0.3) is 54.2 Å². The summed E-state index contributed by atoms with van der Waals surface area (Å²) in [6.07, 6.45) is 1.93. The van der Waals surface area contributed by atoms with Gasteiger partial charge in [-0.25, -0.2) is 9.97 Å². The van der Waals surface area contributed by atoms with E-state index in [4.69, 9.17) is 18.7 Å². The first-order valence-electron chi connectivity index (χ1n) is 14.2. The zero-order valence-corrected chi connectivity index (χ0v) is 26.4. The molecule has 0 N–H and O–H groups in total. The van der Waals surface area contributed by atoms with E-state index in [-0.39, 0.29) is 5.78 Å².